The summed E-state index contributed by atoms with van der Waals surface area (Å²) in [6, 6.07) is 0. The summed E-state index contributed by atoms with van der Waals surface area (Å²) in [5.41, 5.74) is -0.958. The molecule has 0 unspecified atom stereocenters. The molecule has 2 rings (SSSR count). The van der Waals surface area contributed by atoms with Crippen LogP contribution in [0.4, 0.5) is 13.2 Å². The fourth-order valence-corrected chi connectivity index (χ4v) is 2.90. The Kier molecular flexibility index (Phi) is 5.84. The lowest BCUT2D eigenvalue weighted by Gasteiger charge is -2.36. The lowest BCUT2D eigenvalue weighted by Crippen LogP contribution is -2.40. The Morgan fingerprint density at radius 1 is 1.15 bits per heavy atom. The molecule has 0 atom stereocenters. The first-order valence-electron chi connectivity index (χ1n) is 8.03. The van der Waals surface area contributed by atoms with E-state index in [2.05, 4.69) is 35.7 Å². The summed E-state index contributed by atoms with van der Waals surface area (Å²) in [5, 5.41) is 0.299. The van der Waals surface area contributed by atoms with Crippen LogP contribution in [0.1, 0.15) is 38.1 Å². The molecule has 144 valence electrons. The van der Waals surface area contributed by atoms with E-state index < -0.39 is 20.2 Å². The van der Waals surface area contributed by atoms with Crippen molar-refractivity contribution in [1.29, 1.82) is 0 Å². The Morgan fingerprint density at radius 2 is 1.73 bits per heavy atom. The molecular formula is C16H22ClF3N4OSi. The van der Waals surface area contributed by atoms with Gasteiger partial charge in [0.05, 0.1) is 18.2 Å². The highest BCUT2D eigenvalue weighted by atomic mass is 35.5. The van der Waals surface area contributed by atoms with Crippen molar-refractivity contribution < 1.29 is 17.6 Å². The molecule has 2 aromatic heterocycles. The van der Waals surface area contributed by atoms with Crippen LogP contribution < -0.4 is 0 Å². The van der Waals surface area contributed by atoms with E-state index in [0.29, 0.717) is 10.8 Å². The van der Waals surface area contributed by atoms with Gasteiger partial charge in [-0.25, -0.2) is 15.0 Å². The van der Waals surface area contributed by atoms with Crippen molar-refractivity contribution in [3.05, 3.63) is 41.0 Å². The summed E-state index contributed by atoms with van der Waals surface area (Å²) >= 11 is 5.74. The SMILES string of the molecule is CC(C)(C)[Si](C)(C)OCc1nc(C(F)(F)F)cn1Cc1ncc(Cl)cn1. The van der Waals surface area contributed by atoms with Crippen LogP contribution in [0.25, 0.3) is 0 Å². The summed E-state index contributed by atoms with van der Waals surface area (Å²) in [6.45, 7) is 10.3. The maximum atomic E-state index is 13.1. The highest BCUT2D eigenvalue weighted by Crippen LogP contribution is 2.37. The minimum absolute atomic E-state index is 0.000161. The van der Waals surface area contributed by atoms with Crippen molar-refractivity contribution in [1.82, 2.24) is 19.5 Å². The second-order valence-corrected chi connectivity index (χ2v) is 12.8. The van der Waals surface area contributed by atoms with Crippen molar-refractivity contribution in [2.75, 3.05) is 0 Å². The van der Waals surface area contributed by atoms with Crippen molar-refractivity contribution >= 4 is 19.9 Å². The Balaban J connectivity index is 2.28. The number of hydrogen-bond donors (Lipinski definition) is 0. The van der Waals surface area contributed by atoms with Crippen LogP contribution in [-0.4, -0.2) is 27.8 Å². The van der Waals surface area contributed by atoms with Gasteiger partial charge < -0.3 is 8.99 Å². The van der Waals surface area contributed by atoms with Gasteiger partial charge in [0.2, 0.25) is 0 Å². The minimum atomic E-state index is -4.53. The normalized spacial score (nSPS) is 13.3. The molecule has 0 bridgehead atoms. The predicted molar refractivity (Wildman–Crippen MR) is 95.4 cm³/mol. The zero-order valence-corrected chi connectivity index (χ0v) is 17.1. The average molecular weight is 407 g/mol. The molecule has 0 N–H and O–H groups in total. The maximum absolute atomic E-state index is 13.1. The molecule has 0 radical (unpaired) electrons. The van der Waals surface area contributed by atoms with Crippen LogP contribution in [0.5, 0.6) is 0 Å². The van der Waals surface area contributed by atoms with Crippen molar-refractivity contribution in [2.45, 2.75) is 58.2 Å². The summed E-state index contributed by atoms with van der Waals surface area (Å²) in [5.74, 6) is 0.537. The Bertz CT molecular complexity index is 754. The quantitative estimate of drug-likeness (QED) is 0.661. The standard InChI is InChI=1S/C16H22ClF3N4OSi/c1-15(2,3)26(4,5)25-10-14-23-12(16(18,19)20)8-24(14)9-13-21-6-11(17)7-22-13/h6-8H,9-10H2,1-5H3. The molecule has 0 saturated carbocycles. The number of alkyl halides is 3. The van der Waals surface area contributed by atoms with E-state index in [1.54, 1.807) is 0 Å². The van der Waals surface area contributed by atoms with Gasteiger partial charge in [0, 0.05) is 18.6 Å². The van der Waals surface area contributed by atoms with Crippen molar-refractivity contribution in [2.24, 2.45) is 0 Å². The van der Waals surface area contributed by atoms with Gasteiger partial charge in [0.15, 0.2) is 14.0 Å². The van der Waals surface area contributed by atoms with Crippen molar-refractivity contribution in [3.8, 4) is 0 Å². The first-order chi connectivity index (χ1) is 11.8. The molecule has 5 nitrogen and oxygen atoms in total. The number of hydrogen-bond acceptors (Lipinski definition) is 4. The van der Waals surface area contributed by atoms with E-state index in [1.165, 1.54) is 17.0 Å². The molecule has 0 aliphatic carbocycles. The van der Waals surface area contributed by atoms with E-state index in [-0.39, 0.29) is 24.0 Å². The van der Waals surface area contributed by atoms with Gasteiger partial charge in [-0.05, 0) is 18.1 Å². The second-order valence-electron chi connectivity index (χ2n) is 7.53. The van der Waals surface area contributed by atoms with Crippen LogP contribution >= 0.6 is 11.6 Å². The molecule has 0 aliphatic heterocycles. The molecule has 0 saturated heterocycles. The molecule has 2 heterocycles. The number of nitrogens with zero attached hydrogens (tertiary/aromatic N) is 4. The highest BCUT2D eigenvalue weighted by molar-refractivity contribution is 6.74. The lowest BCUT2D eigenvalue weighted by molar-refractivity contribution is -0.141. The highest BCUT2D eigenvalue weighted by Gasteiger charge is 2.38. The first-order valence-corrected chi connectivity index (χ1v) is 11.3. The fraction of sp³-hybridized carbons (Fsp3) is 0.562. The molecule has 0 fully saturated rings. The van der Waals surface area contributed by atoms with E-state index in [1.807, 2.05) is 13.1 Å². The van der Waals surface area contributed by atoms with Crippen LogP contribution in [0, 0.1) is 0 Å². The van der Waals surface area contributed by atoms with Gasteiger partial charge in [-0.2, -0.15) is 13.2 Å². The molecule has 10 heteroatoms. The second kappa shape index (κ2) is 7.28. The summed E-state index contributed by atoms with van der Waals surface area (Å²) in [7, 11) is -2.13. The zero-order valence-electron chi connectivity index (χ0n) is 15.4. The van der Waals surface area contributed by atoms with Crippen LogP contribution in [0.15, 0.2) is 18.6 Å². The molecule has 0 aliphatic rings. The molecule has 2 aromatic rings. The van der Waals surface area contributed by atoms with Gasteiger partial charge >= 0.3 is 6.18 Å². The van der Waals surface area contributed by atoms with Gasteiger partial charge in [0.1, 0.15) is 11.6 Å². The number of imidazole rings is 1. The monoisotopic (exact) mass is 406 g/mol. The third-order valence-electron chi connectivity index (χ3n) is 4.50. The van der Waals surface area contributed by atoms with Crippen LogP contribution in [0.3, 0.4) is 0 Å². The lowest BCUT2D eigenvalue weighted by atomic mass is 10.2. The van der Waals surface area contributed by atoms with E-state index in [9.17, 15) is 13.2 Å². The average Bonchev–Trinajstić information content (AvgIpc) is 2.90. The third kappa shape index (κ3) is 5.05. The topological polar surface area (TPSA) is 52.8 Å². The summed E-state index contributed by atoms with van der Waals surface area (Å²) in [6.07, 6.45) is -0.769. The molecule has 26 heavy (non-hydrogen) atoms. The van der Waals surface area contributed by atoms with Gasteiger partial charge in [-0.3, -0.25) is 0 Å². The minimum Gasteiger partial charge on any atom is -0.409 e. The van der Waals surface area contributed by atoms with E-state index >= 15 is 0 Å². The van der Waals surface area contributed by atoms with E-state index in [0.717, 1.165) is 6.20 Å². The van der Waals surface area contributed by atoms with Gasteiger partial charge in [-0.1, -0.05) is 32.4 Å². The molecular weight excluding hydrogens is 385 g/mol. The molecule has 0 amide bonds. The Labute approximate surface area is 156 Å². The Hall–Kier alpha value is -1.45. The number of aromatic nitrogens is 4. The summed E-state index contributed by atoms with van der Waals surface area (Å²) < 4.78 is 46.6. The van der Waals surface area contributed by atoms with Crippen molar-refractivity contribution in [3.63, 3.8) is 0 Å². The number of halogens is 4. The zero-order chi connectivity index (χ0) is 19.8. The van der Waals surface area contributed by atoms with Crippen LogP contribution in [-0.2, 0) is 23.8 Å². The van der Waals surface area contributed by atoms with Gasteiger partial charge in [-0.15, -0.1) is 0 Å². The first kappa shape index (κ1) is 20.9. The van der Waals surface area contributed by atoms with Gasteiger partial charge in [0.25, 0.3) is 0 Å². The fourth-order valence-electron chi connectivity index (χ4n) is 1.88. The largest absolute Gasteiger partial charge is 0.434 e. The third-order valence-corrected chi connectivity index (χ3v) is 9.18. The van der Waals surface area contributed by atoms with E-state index in [4.69, 9.17) is 16.0 Å². The predicted octanol–water partition coefficient (Wildman–Crippen LogP) is 4.92. The van der Waals surface area contributed by atoms with Crippen LogP contribution in [0.2, 0.25) is 23.2 Å². The molecule has 0 spiro atoms. The molecule has 0 aromatic carbocycles. The smallest absolute Gasteiger partial charge is 0.409 e. The maximum Gasteiger partial charge on any atom is 0.434 e. The Morgan fingerprint density at radius 3 is 2.23 bits per heavy atom. The summed E-state index contributed by atoms with van der Waals surface area (Å²) in [4.78, 5) is 11.8. The number of rotatable bonds is 5.